The Bertz CT molecular complexity index is 470. The summed E-state index contributed by atoms with van der Waals surface area (Å²) in [6.45, 7) is 7.91. The maximum Gasteiger partial charge on any atom is 0.112 e. The topological polar surface area (TPSA) is 46.5 Å². The summed E-state index contributed by atoms with van der Waals surface area (Å²) in [6, 6.07) is 2.08. The predicted octanol–water partition coefficient (Wildman–Crippen LogP) is 3.02. The molecule has 0 amide bonds. The summed E-state index contributed by atoms with van der Waals surface area (Å²) in [4.78, 5) is 2.36. The molecule has 2 N–H and O–H groups in total. The van der Waals surface area contributed by atoms with Crippen molar-refractivity contribution in [3.63, 3.8) is 0 Å². The molecule has 98 valence electrons. The molecule has 4 nitrogen and oxygen atoms in total. The van der Waals surface area contributed by atoms with E-state index in [0.717, 1.165) is 29.1 Å². The van der Waals surface area contributed by atoms with Crippen LogP contribution in [0.3, 0.4) is 0 Å². The van der Waals surface area contributed by atoms with Crippen molar-refractivity contribution < 1.29 is 0 Å². The Morgan fingerprint density at radius 1 is 1.44 bits per heavy atom. The Morgan fingerprint density at radius 3 is 2.67 bits per heavy atom. The minimum absolute atomic E-state index is 0.548. The van der Waals surface area contributed by atoms with Crippen molar-refractivity contribution in [3.8, 4) is 0 Å². The first-order chi connectivity index (χ1) is 8.65. The smallest absolute Gasteiger partial charge is 0.112 e. The van der Waals surface area contributed by atoms with Gasteiger partial charge in [0.25, 0.3) is 0 Å². The van der Waals surface area contributed by atoms with Crippen LogP contribution < -0.4 is 10.6 Å². The molecule has 1 fully saturated rings. The average molecular weight is 311 g/mol. The summed E-state index contributed by atoms with van der Waals surface area (Å²) in [5, 5.41) is 4.32. The number of anilines is 1. The normalized spacial score (nSPS) is 16.4. The largest absolute Gasteiger partial charge is 0.397 e. The number of rotatable bonds is 3. The van der Waals surface area contributed by atoms with Crippen LogP contribution in [0.2, 0.25) is 0 Å². The summed E-state index contributed by atoms with van der Waals surface area (Å²) in [7, 11) is 0. The van der Waals surface area contributed by atoms with Gasteiger partial charge in [0.2, 0.25) is 0 Å². The Labute approximate surface area is 116 Å². The lowest BCUT2D eigenvalue weighted by atomic mass is 10.1. The number of nitrogens with two attached hydrogens (primary N) is 1. The number of piperidine rings is 1. The van der Waals surface area contributed by atoms with E-state index in [4.69, 9.17) is 5.73 Å². The van der Waals surface area contributed by atoms with Crippen LogP contribution >= 0.6 is 15.9 Å². The van der Waals surface area contributed by atoms with Gasteiger partial charge >= 0.3 is 0 Å². The standard InChI is InChI=1S/C13H19BrN4/c1-3-16-18-12(14)9-11(13(18)10(2)15)17-7-5-4-6-8-17/h3,9H,2,4-8,15H2,1H3/b16-3-. The van der Waals surface area contributed by atoms with Crippen molar-refractivity contribution in [1.29, 1.82) is 0 Å². The number of hydrogen-bond donors (Lipinski definition) is 1. The van der Waals surface area contributed by atoms with Gasteiger partial charge in [-0.3, -0.25) is 0 Å². The lowest BCUT2D eigenvalue weighted by molar-refractivity contribution is 0.577. The van der Waals surface area contributed by atoms with Gasteiger partial charge in [0, 0.05) is 19.3 Å². The molecule has 1 saturated heterocycles. The summed E-state index contributed by atoms with van der Waals surface area (Å²) in [6.07, 6.45) is 5.52. The third kappa shape index (κ3) is 2.46. The van der Waals surface area contributed by atoms with Gasteiger partial charge in [-0.05, 0) is 48.2 Å². The van der Waals surface area contributed by atoms with E-state index < -0.39 is 0 Å². The van der Waals surface area contributed by atoms with E-state index in [1.54, 1.807) is 10.9 Å². The first kappa shape index (κ1) is 13.2. The number of hydrogen-bond acceptors (Lipinski definition) is 3. The van der Waals surface area contributed by atoms with E-state index in [-0.39, 0.29) is 0 Å². The van der Waals surface area contributed by atoms with Crippen molar-refractivity contribution >= 4 is 33.5 Å². The molecule has 0 aliphatic carbocycles. The van der Waals surface area contributed by atoms with Gasteiger partial charge in [-0.25, -0.2) is 4.68 Å². The van der Waals surface area contributed by atoms with E-state index in [9.17, 15) is 0 Å². The lowest BCUT2D eigenvalue weighted by Gasteiger charge is -2.29. The molecule has 18 heavy (non-hydrogen) atoms. The summed E-state index contributed by atoms with van der Waals surface area (Å²) < 4.78 is 2.70. The van der Waals surface area contributed by atoms with E-state index in [1.807, 2.05) is 6.92 Å². The van der Waals surface area contributed by atoms with Gasteiger partial charge in [0.05, 0.1) is 11.4 Å². The van der Waals surface area contributed by atoms with Crippen LogP contribution in [0.1, 0.15) is 31.9 Å². The Hall–Kier alpha value is -1.23. The fraction of sp³-hybridized carbons (Fsp3) is 0.462. The van der Waals surface area contributed by atoms with Crippen molar-refractivity contribution in [2.45, 2.75) is 26.2 Å². The second-order valence-electron chi connectivity index (χ2n) is 4.46. The van der Waals surface area contributed by atoms with Crippen molar-refractivity contribution in [2.24, 2.45) is 10.8 Å². The number of nitrogens with zero attached hydrogens (tertiary/aromatic N) is 3. The molecule has 1 aliphatic heterocycles. The second-order valence-corrected chi connectivity index (χ2v) is 5.27. The Kier molecular flexibility index (Phi) is 4.11. The third-order valence-electron chi connectivity index (χ3n) is 3.14. The summed E-state index contributed by atoms with van der Waals surface area (Å²) in [5.41, 5.74) is 8.49. The Morgan fingerprint density at radius 2 is 2.11 bits per heavy atom. The van der Waals surface area contributed by atoms with Crippen molar-refractivity contribution in [2.75, 3.05) is 18.0 Å². The highest BCUT2D eigenvalue weighted by Crippen LogP contribution is 2.33. The molecule has 5 heteroatoms. The van der Waals surface area contributed by atoms with Crippen LogP contribution in [0.15, 0.2) is 22.3 Å². The van der Waals surface area contributed by atoms with Crippen LogP contribution in [0.4, 0.5) is 5.69 Å². The number of aromatic nitrogens is 1. The highest BCUT2D eigenvalue weighted by atomic mass is 79.9. The number of halogens is 1. The van der Waals surface area contributed by atoms with Crippen LogP contribution in [0.5, 0.6) is 0 Å². The fourth-order valence-corrected chi connectivity index (χ4v) is 2.85. The van der Waals surface area contributed by atoms with E-state index in [0.29, 0.717) is 5.70 Å². The third-order valence-corrected chi connectivity index (χ3v) is 3.71. The molecule has 1 aromatic heterocycles. The zero-order chi connectivity index (χ0) is 13.1. The van der Waals surface area contributed by atoms with Gasteiger partial charge < -0.3 is 10.6 Å². The minimum Gasteiger partial charge on any atom is -0.397 e. The molecule has 1 aromatic rings. The molecule has 2 rings (SSSR count). The maximum absolute atomic E-state index is 5.93. The molecule has 0 spiro atoms. The highest BCUT2D eigenvalue weighted by molar-refractivity contribution is 9.10. The molecule has 0 bridgehead atoms. The molecule has 0 atom stereocenters. The first-order valence-electron chi connectivity index (χ1n) is 6.25. The van der Waals surface area contributed by atoms with Crippen LogP contribution in [-0.4, -0.2) is 24.0 Å². The SMILES string of the molecule is C=C(N)c1c(N2CCCCC2)cc(Br)n1/N=C\C. The molecule has 1 aliphatic rings. The predicted molar refractivity (Wildman–Crippen MR) is 81.0 cm³/mol. The quantitative estimate of drug-likeness (QED) is 0.872. The van der Waals surface area contributed by atoms with E-state index in [2.05, 4.69) is 38.6 Å². The molecular weight excluding hydrogens is 292 g/mol. The van der Waals surface area contributed by atoms with Gasteiger partial charge in [-0.2, -0.15) is 5.10 Å². The van der Waals surface area contributed by atoms with Gasteiger partial charge in [0.15, 0.2) is 0 Å². The van der Waals surface area contributed by atoms with Crippen LogP contribution in [0.25, 0.3) is 5.70 Å². The highest BCUT2D eigenvalue weighted by Gasteiger charge is 2.21. The van der Waals surface area contributed by atoms with Gasteiger partial charge in [-0.15, -0.1) is 0 Å². The lowest BCUT2D eigenvalue weighted by Crippen LogP contribution is -2.30. The molecule has 0 saturated carbocycles. The zero-order valence-electron chi connectivity index (χ0n) is 10.7. The minimum atomic E-state index is 0.548. The monoisotopic (exact) mass is 310 g/mol. The average Bonchev–Trinajstić information content (AvgIpc) is 2.69. The molecular formula is C13H19BrN4. The summed E-state index contributed by atoms with van der Waals surface area (Å²) >= 11 is 3.53. The zero-order valence-corrected chi connectivity index (χ0v) is 12.3. The first-order valence-corrected chi connectivity index (χ1v) is 7.04. The molecule has 2 heterocycles. The van der Waals surface area contributed by atoms with Crippen LogP contribution in [0, 0.1) is 0 Å². The molecule has 0 aromatic carbocycles. The van der Waals surface area contributed by atoms with Crippen molar-refractivity contribution in [3.05, 3.63) is 22.9 Å². The second kappa shape index (κ2) is 5.61. The Balaban J connectivity index is 2.46. The molecule has 0 unspecified atom stereocenters. The van der Waals surface area contributed by atoms with E-state index >= 15 is 0 Å². The maximum atomic E-state index is 5.93. The van der Waals surface area contributed by atoms with Gasteiger partial charge in [0.1, 0.15) is 10.3 Å². The fourth-order valence-electron chi connectivity index (χ4n) is 2.36. The van der Waals surface area contributed by atoms with Gasteiger partial charge in [-0.1, -0.05) is 6.58 Å². The summed E-state index contributed by atoms with van der Waals surface area (Å²) in [5.74, 6) is 0. The van der Waals surface area contributed by atoms with E-state index in [1.165, 1.54) is 19.3 Å². The van der Waals surface area contributed by atoms with Crippen molar-refractivity contribution in [1.82, 2.24) is 4.68 Å². The molecule has 0 radical (unpaired) electrons. The van der Waals surface area contributed by atoms with Crippen LogP contribution in [-0.2, 0) is 0 Å².